The van der Waals surface area contributed by atoms with Crippen molar-refractivity contribution in [2.75, 3.05) is 12.3 Å². The van der Waals surface area contributed by atoms with Crippen LogP contribution < -0.4 is 11.5 Å². The molecule has 130 valence electrons. The Balaban J connectivity index is 2.36. The Kier molecular flexibility index (Phi) is 5.99. The van der Waals surface area contributed by atoms with Crippen molar-refractivity contribution < 1.29 is 4.79 Å². The van der Waals surface area contributed by atoms with Gasteiger partial charge in [0.2, 0.25) is 0 Å². The molecule has 0 saturated carbocycles. The van der Waals surface area contributed by atoms with Gasteiger partial charge in [-0.1, -0.05) is 20.3 Å². The van der Waals surface area contributed by atoms with Crippen LogP contribution in [0.2, 0.25) is 0 Å². The van der Waals surface area contributed by atoms with Crippen molar-refractivity contribution >= 4 is 33.2 Å². The van der Waals surface area contributed by atoms with E-state index in [1.165, 1.54) is 6.20 Å². The van der Waals surface area contributed by atoms with Gasteiger partial charge in [-0.3, -0.25) is 4.79 Å². The Morgan fingerprint density at radius 3 is 2.75 bits per heavy atom. The molecule has 1 aromatic rings. The van der Waals surface area contributed by atoms with Crippen LogP contribution in [-0.2, 0) is 0 Å². The quantitative estimate of drug-likeness (QED) is 0.527. The lowest BCUT2D eigenvalue weighted by Crippen LogP contribution is -2.47. The molecule has 1 aliphatic heterocycles. The van der Waals surface area contributed by atoms with Crippen molar-refractivity contribution in [3.63, 3.8) is 0 Å². The SMILES string of the molecule is CCCC(=N)C1=C(N)CCN(C(=O)c2cnc(Br)cc2N)C1CC. The van der Waals surface area contributed by atoms with E-state index in [9.17, 15) is 4.79 Å². The van der Waals surface area contributed by atoms with Gasteiger partial charge < -0.3 is 21.8 Å². The minimum absolute atomic E-state index is 0.159. The highest BCUT2D eigenvalue weighted by Gasteiger charge is 2.33. The molecule has 7 heteroatoms. The molecule has 0 radical (unpaired) electrons. The molecule has 5 N–H and O–H groups in total. The number of hydrogen-bond donors (Lipinski definition) is 3. The maximum Gasteiger partial charge on any atom is 0.258 e. The maximum atomic E-state index is 13.0. The third-order valence-corrected chi connectivity index (χ3v) is 4.72. The summed E-state index contributed by atoms with van der Waals surface area (Å²) >= 11 is 3.25. The van der Waals surface area contributed by atoms with E-state index >= 15 is 0 Å². The lowest BCUT2D eigenvalue weighted by Gasteiger charge is -2.38. The summed E-state index contributed by atoms with van der Waals surface area (Å²) in [5.74, 6) is -0.159. The largest absolute Gasteiger partial charge is 0.402 e. The first kappa shape index (κ1) is 18.4. The van der Waals surface area contributed by atoms with E-state index in [1.54, 1.807) is 11.0 Å². The van der Waals surface area contributed by atoms with Crippen molar-refractivity contribution in [3.05, 3.63) is 33.7 Å². The Labute approximate surface area is 150 Å². The predicted octanol–water partition coefficient (Wildman–Crippen LogP) is 3.08. The van der Waals surface area contributed by atoms with E-state index in [0.717, 1.165) is 17.7 Å². The van der Waals surface area contributed by atoms with Gasteiger partial charge in [0.1, 0.15) is 4.60 Å². The molecule has 1 amide bonds. The van der Waals surface area contributed by atoms with E-state index in [-0.39, 0.29) is 11.9 Å². The van der Waals surface area contributed by atoms with Crippen molar-refractivity contribution in [1.82, 2.24) is 9.88 Å². The zero-order valence-corrected chi connectivity index (χ0v) is 15.7. The summed E-state index contributed by atoms with van der Waals surface area (Å²) in [7, 11) is 0. The third-order valence-electron chi connectivity index (χ3n) is 4.28. The standard InChI is InChI=1S/C17H24BrN5O/c1-3-5-11(19)16-12(20)6-7-23(14(16)4-2)17(24)10-9-22-15(18)8-13(10)21/h8-9,14,19H,3-7,20H2,1-2H3,(H2,21,22). The van der Waals surface area contributed by atoms with Gasteiger partial charge in [-0.05, 0) is 34.8 Å². The van der Waals surface area contributed by atoms with Crippen LogP contribution in [0.5, 0.6) is 0 Å². The molecule has 0 fully saturated rings. The zero-order valence-electron chi connectivity index (χ0n) is 14.1. The van der Waals surface area contributed by atoms with Crippen LogP contribution in [0.15, 0.2) is 28.1 Å². The second kappa shape index (κ2) is 7.79. The van der Waals surface area contributed by atoms with Gasteiger partial charge >= 0.3 is 0 Å². The predicted molar refractivity (Wildman–Crippen MR) is 99.9 cm³/mol. The normalized spacial score (nSPS) is 18.0. The Morgan fingerprint density at radius 2 is 2.17 bits per heavy atom. The molecule has 1 unspecified atom stereocenters. The molecule has 6 nitrogen and oxygen atoms in total. The van der Waals surface area contributed by atoms with E-state index in [1.807, 2.05) is 13.8 Å². The number of nitrogens with two attached hydrogens (primary N) is 2. The van der Waals surface area contributed by atoms with Crippen molar-refractivity contribution in [1.29, 1.82) is 5.41 Å². The number of rotatable bonds is 5. The first-order chi connectivity index (χ1) is 11.4. The average Bonchev–Trinajstić information content (AvgIpc) is 2.53. The van der Waals surface area contributed by atoms with Crippen LogP contribution in [0.25, 0.3) is 0 Å². The maximum absolute atomic E-state index is 13.0. The summed E-state index contributed by atoms with van der Waals surface area (Å²) in [4.78, 5) is 18.9. The molecule has 0 aromatic carbocycles. The molecule has 1 aromatic heterocycles. The molecular weight excluding hydrogens is 370 g/mol. The van der Waals surface area contributed by atoms with Gasteiger partial charge in [0, 0.05) is 41.8 Å². The van der Waals surface area contributed by atoms with Gasteiger partial charge in [0.05, 0.1) is 11.6 Å². The molecule has 2 heterocycles. The second-order valence-electron chi connectivity index (χ2n) is 5.93. The smallest absolute Gasteiger partial charge is 0.258 e. The Hall–Kier alpha value is -1.89. The number of amides is 1. The fourth-order valence-corrected chi connectivity index (χ4v) is 3.47. The minimum atomic E-state index is -0.187. The number of pyridine rings is 1. The van der Waals surface area contributed by atoms with Gasteiger partial charge in [-0.25, -0.2) is 4.98 Å². The van der Waals surface area contributed by atoms with E-state index in [2.05, 4.69) is 20.9 Å². The summed E-state index contributed by atoms with van der Waals surface area (Å²) < 4.78 is 0.594. The fraction of sp³-hybridized carbons (Fsp3) is 0.471. The molecule has 24 heavy (non-hydrogen) atoms. The van der Waals surface area contributed by atoms with Crippen LogP contribution in [0.1, 0.15) is 49.9 Å². The summed E-state index contributed by atoms with van der Waals surface area (Å²) in [5, 5.41) is 8.33. The molecule has 1 aliphatic rings. The first-order valence-corrected chi connectivity index (χ1v) is 8.98. The van der Waals surface area contributed by atoms with Crippen LogP contribution in [0.3, 0.4) is 0 Å². The van der Waals surface area contributed by atoms with Crippen LogP contribution >= 0.6 is 15.9 Å². The summed E-state index contributed by atoms with van der Waals surface area (Å²) in [6.07, 6.45) is 4.32. The van der Waals surface area contributed by atoms with Gasteiger partial charge in [0.15, 0.2) is 0 Å². The van der Waals surface area contributed by atoms with E-state index < -0.39 is 0 Å². The number of aromatic nitrogens is 1. The molecular formula is C17H24BrN5O. The number of carbonyl (C=O) groups is 1. The number of nitrogens with zero attached hydrogens (tertiary/aromatic N) is 2. The van der Waals surface area contributed by atoms with Gasteiger partial charge in [0.25, 0.3) is 5.91 Å². The molecule has 0 saturated heterocycles. The highest BCUT2D eigenvalue weighted by atomic mass is 79.9. The average molecular weight is 394 g/mol. The topological polar surface area (TPSA) is 109 Å². The van der Waals surface area contributed by atoms with Crippen molar-refractivity contribution in [2.24, 2.45) is 5.73 Å². The van der Waals surface area contributed by atoms with Gasteiger partial charge in [-0.2, -0.15) is 0 Å². The lowest BCUT2D eigenvalue weighted by molar-refractivity contribution is 0.0694. The summed E-state index contributed by atoms with van der Waals surface area (Å²) in [6.45, 7) is 4.57. The van der Waals surface area contributed by atoms with Crippen LogP contribution in [0, 0.1) is 5.41 Å². The molecule has 0 bridgehead atoms. The zero-order chi connectivity index (χ0) is 17.9. The number of hydrogen-bond acceptors (Lipinski definition) is 5. The molecule has 0 aliphatic carbocycles. The van der Waals surface area contributed by atoms with Crippen molar-refractivity contribution in [2.45, 2.75) is 45.6 Å². The first-order valence-electron chi connectivity index (χ1n) is 8.18. The molecule has 1 atom stereocenters. The molecule has 2 rings (SSSR count). The Morgan fingerprint density at radius 1 is 1.46 bits per heavy atom. The van der Waals surface area contributed by atoms with Crippen LogP contribution in [-0.4, -0.2) is 34.1 Å². The van der Waals surface area contributed by atoms with Gasteiger partial charge in [-0.15, -0.1) is 0 Å². The highest BCUT2D eigenvalue weighted by Crippen LogP contribution is 2.29. The number of carbonyl (C=O) groups excluding carboxylic acids is 1. The fourth-order valence-electron chi connectivity index (χ4n) is 3.13. The van der Waals surface area contributed by atoms with E-state index in [4.69, 9.17) is 16.9 Å². The lowest BCUT2D eigenvalue weighted by atomic mass is 9.89. The van der Waals surface area contributed by atoms with Crippen molar-refractivity contribution in [3.8, 4) is 0 Å². The number of halogens is 1. The van der Waals surface area contributed by atoms with E-state index in [0.29, 0.717) is 47.4 Å². The number of nitrogens with one attached hydrogen (secondary N) is 1. The Bertz CT molecular complexity index is 686. The minimum Gasteiger partial charge on any atom is -0.402 e. The highest BCUT2D eigenvalue weighted by molar-refractivity contribution is 9.10. The monoisotopic (exact) mass is 393 g/mol. The second-order valence-corrected chi connectivity index (χ2v) is 6.75. The van der Waals surface area contributed by atoms with Crippen LogP contribution in [0.4, 0.5) is 5.69 Å². The number of nitrogen functional groups attached to an aromatic ring is 1. The summed E-state index contributed by atoms with van der Waals surface area (Å²) in [6, 6.07) is 1.44. The third kappa shape index (κ3) is 3.61. The number of anilines is 1. The summed E-state index contributed by atoms with van der Waals surface area (Å²) in [5.41, 5.74) is 15.0. The molecule has 0 spiro atoms.